The van der Waals surface area contributed by atoms with Crippen molar-refractivity contribution in [2.45, 2.75) is 25.7 Å². The first-order chi connectivity index (χ1) is 8.36. The van der Waals surface area contributed by atoms with E-state index in [-0.39, 0.29) is 23.3 Å². The maximum atomic E-state index is 11.9. The van der Waals surface area contributed by atoms with Crippen molar-refractivity contribution in [2.24, 2.45) is 17.6 Å². The van der Waals surface area contributed by atoms with Crippen molar-refractivity contribution in [1.29, 1.82) is 0 Å². The molecule has 2 unspecified atom stereocenters. The van der Waals surface area contributed by atoms with Crippen LogP contribution in [-0.4, -0.2) is 21.6 Å². The van der Waals surface area contributed by atoms with E-state index in [1.165, 1.54) is 0 Å². The third-order valence-corrected chi connectivity index (χ3v) is 4.43. The first-order valence-electron chi connectivity index (χ1n) is 6.03. The third kappa shape index (κ3) is 4.08. The lowest BCUT2D eigenvalue weighted by molar-refractivity contribution is 0.223. The van der Waals surface area contributed by atoms with Gasteiger partial charge in [0.15, 0.2) is 0 Å². The molecule has 4 nitrogen and oxygen atoms in total. The number of hydrogen-bond acceptors (Lipinski definition) is 4. The fraction of sp³-hybridized carbons (Fsp3) is 0.538. The molecule has 5 heteroatoms. The summed E-state index contributed by atoms with van der Waals surface area (Å²) >= 11 is 0. The summed E-state index contributed by atoms with van der Waals surface area (Å²) in [6.07, 6.45) is 0. The van der Waals surface area contributed by atoms with Gasteiger partial charge in [-0.1, -0.05) is 31.5 Å². The molecule has 0 radical (unpaired) electrons. The number of rotatable bonds is 6. The fourth-order valence-corrected chi connectivity index (χ4v) is 2.37. The van der Waals surface area contributed by atoms with Gasteiger partial charge in [0.05, 0.1) is 11.5 Å². The lowest BCUT2D eigenvalue weighted by Gasteiger charge is -2.17. The summed E-state index contributed by atoms with van der Waals surface area (Å²) in [5.74, 6) is 0.341. The van der Waals surface area contributed by atoms with Gasteiger partial charge < -0.3 is 5.73 Å². The van der Waals surface area contributed by atoms with Gasteiger partial charge in [0.2, 0.25) is 0 Å². The minimum absolute atomic E-state index is 0.107. The molecule has 2 N–H and O–H groups in total. The zero-order valence-corrected chi connectivity index (χ0v) is 11.9. The normalized spacial score (nSPS) is 15.3. The molecule has 18 heavy (non-hydrogen) atoms. The molecule has 2 atom stereocenters. The van der Waals surface area contributed by atoms with Crippen LogP contribution in [0.25, 0.3) is 0 Å². The topological polar surface area (TPSA) is 69.4 Å². The van der Waals surface area contributed by atoms with Crippen molar-refractivity contribution in [3.05, 3.63) is 29.8 Å². The lowest BCUT2D eigenvalue weighted by atomic mass is 9.97. The van der Waals surface area contributed by atoms with Gasteiger partial charge in [0.25, 0.3) is 10.1 Å². The van der Waals surface area contributed by atoms with Gasteiger partial charge >= 0.3 is 0 Å². The predicted octanol–water partition coefficient (Wildman–Crippen LogP) is 1.93. The summed E-state index contributed by atoms with van der Waals surface area (Å²) in [7, 11) is -3.65. The molecule has 0 aliphatic carbocycles. The third-order valence-electron chi connectivity index (χ3n) is 3.14. The van der Waals surface area contributed by atoms with Crippen molar-refractivity contribution >= 4 is 10.1 Å². The number of benzene rings is 1. The Morgan fingerprint density at radius 3 is 2.22 bits per heavy atom. The highest BCUT2D eigenvalue weighted by atomic mass is 32.2. The Morgan fingerprint density at radius 2 is 1.72 bits per heavy atom. The molecule has 0 aliphatic heterocycles. The van der Waals surface area contributed by atoms with Gasteiger partial charge in [-0.25, -0.2) is 0 Å². The van der Waals surface area contributed by atoms with Gasteiger partial charge in [-0.15, -0.1) is 0 Å². The Balaban J connectivity index is 2.68. The Labute approximate surface area is 109 Å². The van der Waals surface area contributed by atoms with Crippen LogP contribution < -0.4 is 5.73 Å². The van der Waals surface area contributed by atoms with Crippen molar-refractivity contribution in [2.75, 3.05) is 13.2 Å². The second-order valence-corrected chi connectivity index (χ2v) is 6.36. The minimum Gasteiger partial charge on any atom is -0.330 e. The Hall–Kier alpha value is -0.910. The van der Waals surface area contributed by atoms with Crippen molar-refractivity contribution in [3.8, 4) is 0 Å². The standard InChI is InChI=1S/C13H21NO3S/c1-10-4-6-13(7-5-10)18(15,16)17-9-12(3)11(2)8-14/h4-7,11-12H,8-9,14H2,1-3H3. The average molecular weight is 271 g/mol. The van der Waals surface area contributed by atoms with Crippen LogP contribution in [0.4, 0.5) is 0 Å². The van der Waals surface area contributed by atoms with Crippen LogP contribution in [0.2, 0.25) is 0 Å². The van der Waals surface area contributed by atoms with E-state index >= 15 is 0 Å². The van der Waals surface area contributed by atoms with E-state index < -0.39 is 10.1 Å². The maximum absolute atomic E-state index is 11.9. The maximum Gasteiger partial charge on any atom is 0.296 e. The van der Waals surface area contributed by atoms with Crippen molar-refractivity contribution in [3.63, 3.8) is 0 Å². The largest absolute Gasteiger partial charge is 0.330 e. The van der Waals surface area contributed by atoms with Gasteiger partial charge in [-0.2, -0.15) is 8.42 Å². The smallest absolute Gasteiger partial charge is 0.296 e. The zero-order valence-electron chi connectivity index (χ0n) is 11.1. The summed E-state index contributed by atoms with van der Waals surface area (Å²) in [5.41, 5.74) is 6.55. The van der Waals surface area contributed by atoms with Crippen molar-refractivity contribution in [1.82, 2.24) is 0 Å². The van der Waals surface area contributed by atoms with Crippen LogP contribution in [0.15, 0.2) is 29.2 Å². The SMILES string of the molecule is Cc1ccc(S(=O)(=O)OCC(C)C(C)CN)cc1. The monoisotopic (exact) mass is 271 g/mol. The predicted molar refractivity (Wildman–Crippen MR) is 71.7 cm³/mol. The van der Waals surface area contributed by atoms with Gasteiger partial charge in [0, 0.05) is 0 Å². The van der Waals surface area contributed by atoms with Crippen LogP contribution in [0.5, 0.6) is 0 Å². The quantitative estimate of drug-likeness (QED) is 0.803. The first-order valence-corrected chi connectivity index (χ1v) is 7.44. The van der Waals surface area contributed by atoms with Crippen LogP contribution in [0, 0.1) is 18.8 Å². The average Bonchev–Trinajstić information content (AvgIpc) is 2.35. The molecule has 1 rings (SSSR count). The molecule has 0 aromatic heterocycles. The lowest BCUT2D eigenvalue weighted by Crippen LogP contribution is -2.23. The van der Waals surface area contributed by atoms with Crippen LogP contribution in [-0.2, 0) is 14.3 Å². The second-order valence-electron chi connectivity index (χ2n) is 4.74. The van der Waals surface area contributed by atoms with Crippen LogP contribution >= 0.6 is 0 Å². The summed E-state index contributed by atoms with van der Waals surface area (Å²) in [6, 6.07) is 6.62. The van der Waals surface area contributed by atoms with E-state index in [1.54, 1.807) is 24.3 Å². The van der Waals surface area contributed by atoms with E-state index in [4.69, 9.17) is 9.92 Å². The molecule has 102 valence electrons. The Kier molecular flexibility index (Phi) is 5.31. The van der Waals surface area contributed by atoms with E-state index in [9.17, 15) is 8.42 Å². The molecule has 0 fully saturated rings. The number of aryl methyl sites for hydroxylation is 1. The first kappa shape index (κ1) is 15.1. The van der Waals surface area contributed by atoms with E-state index in [1.807, 2.05) is 20.8 Å². The summed E-state index contributed by atoms with van der Waals surface area (Å²) in [6.45, 7) is 6.50. The zero-order chi connectivity index (χ0) is 13.8. The molecule has 0 aliphatic rings. The minimum atomic E-state index is -3.65. The van der Waals surface area contributed by atoms with E-state index in [0.29, 0.717) is 6.54 Å². The van der Waals surface area contributed by atoms with Gasteiger partial charge in [-0.05, 0) is 37.4 Å². The van der Waals surface area contributed by atoms with Gasteiger partial charge in [-0.3, -0.25) is 4.18 Å². The molecule has 0 saturated carbocycles. The molecule has 1 aromatic carbocycles. The molecule has 0 spiro atoms. The molecular formula is C13H21NO3S. The number of hydrogen-bond donors (Lipinski definition) is 1. The van der Waals surface area contributed by atoms with Gasteiger partial charge in [0.1, 0.15) is 0 Å². The molecule has 0 heterocycles. The highest BCUT2D eigenvalue weighted by Crippen LogP contribution is 2.16. The molecule has 0 bridgehead atoms. The molecule has 0 amide bonds. The highest BCUT2D eigenvalue weighted by Gasteiger charge is 2.18. The van der Waals surface area contributed by atoms with Crippen LogP contribution in [0.3, 0.4) is 0 Å². The molecule has 0 saturated heterocycles. The summed E-state index contributed by atoms with van der Waals surface area (Å²) in [5, 5.41) is 0. The Bertz CT molecular complexity index is 468. The van der Waals surface area contributed by atoms with E-state index in [0.717, 1.165) is 5.56 Å². The number of nitrogens with two attached hydrogens (primary N) is 1. The molecule has 1 aromatic rings. The fourth-order valence-electron chi connectivity index (χ4n) is 1.37. The molecular weight excluding hydrogens is 250 g/mol. The highest BCUT2D eigenvalue weighted by molar-refractivity contribution is 7.86. The van der Waals surface area contributed by atoms with Crippen molar-refractivity contribution < 1.29 is 12.6 Å². The summed E-state index contributed by atoms with van der Waals surface area (Å²) < 4.78 is 28.9. The van der Waals surface area contributed by atoms with E-state index in [2.05, 4.69) is 0 Å². The second kappa shape index (κ2) is 6.31. The van der Waals surface area contributed by atoms with Crippen LogP contribution in [0.1, 0.15) is 19.4 Å². The Morgan fingerprint density at radius 1 is 1.17 bits per heavy atom. The summed E-state index contributed by atoms with van der Waals surface area (Å²) in [4.78, 5) is 0.195.